The number of hydrogen-bond acceptors (Lipinski definition) is 4. The highest BCUT2D eigenvalue weighted by Crippen LogP contribution is 2.48. The third-order valence-electron chi connectivity index (χ3n) is 6.97. The summed E-state index contributed by atoms with van der Waals surface area (Å²) < 4.78 is 7.87. The minimum absolute atomic E-state index is 0.220. The number of aromatic nitrogens is 3. The number of fused-ring (bicyclic) bond motifs is 1. The normalized spacial score (nSPS) is 22.9. The molecule has 1 spiro atoms. The van der Waals surface area contributed by atoms with E-state index in [1.165, 1.54) is 31.2 Å². The summed E-state index contributed by atoms with van der Waals surface area (Å²) in [5.41, 5.74) is 1.75. The van der Waals surface area contributed by atoms with Crippen LogP contribution in [0.25, 0.3) is 0 Å². The van der Waals surface area contributed by atoms with Gasteiger partial charge in [0.05, 0.1) is 12.6 Å². The van der Waals surface area contributed by atoms with Gasteiger partial charge in [0.15, 0.2) is 11.8 Å². The molecule has 1 aromatic carbocycles. The molecule has 0 amide bonds. The molecule has 5 rings (SSSR count). The van der Waals surface area contributed by atoms with E-state index in [0.717, 1.165) is 49.5 Å². The number of likely N-dealkylation sites (tertiary alicyclic amines) is 1. The lowest BCUT2D eigenvalue weighted by molar-refractivity contribution is 0.151. The summed E-state index contributed by atoms with van der Waals surface area (Å²) in [6, 6.07) is 8.56. The zero-order valence-corrected chi connectivity index (χ0v) is 17.4. The fourth-order valence-corrected chi connectivity index (χ4v) is 4.82. The summed E-state index contributed by atoms with van der Waals surface area (Å²) in [7, 11) is 2.00. The van der Waals surface area contributed by atoms with Gasteiger partial charge in [-0.25, -0.2) is 4.99 Å². The maximum absolute atomic E-state index is 5.85. The topological polar surface area (TPSA) is 67.6 Å². The second-order valence-corrected chi connectivity index (χ2v) is 8.76. The van der Waals surface area contributed by atoms with Crippen LogP contribution in [0.5, 0.6) is 5.75 Å². The van der Waals surface area contributed by atoms with Crippen LogP contribution in [0.3, 0.4) is 0 Å². The number of rotatable bonds is 3. The molecule has 1 atom stereocenters. The van der Waals surface area contributed by atoms with Gasteiger partial charge in [-0.2, -0.15) is 0 Å². The van der Waals surface area contributed by atoms with E-state index in [-0.39, 0.29) is 6.04 Å². The largest absolute Gasteiger partial charge is 0.493 e. The summed E-state index contributed by atoms with van der Waals surface area (Å²) in [5, 5.41) is 12.2. The molecule has 0 radical (unpaired) electrons. The number of para-hydroxylation sites is 1. The van der Waals surface area contributed by atoms with Crippen LogP contribution in [0.4, 0.5) is 0 Å². The van der Waals surface area contributed by atoms with Crippen LogP contribution in [0.15, 0.2) is 29.3 Å². The van der Waals surface area contributed by atoms with E-state index in [9.17, 15) is 0 Å². The Morgan fingerprint density at radius 2 is 2.14 bits per heavy atom. The molecule has 2 aromatic rings. The van der Waals surface area contributed by atoms with Crippen molar-refractivity contribution >= 4 is 5.96 Å². The lowest BCUT2D eigenvalue weighted by Gasteiger charge is -2.38. The third-order valence-corrected chi connectivity index (χ3v) is 6.97. The van der Waals surface area contributed by atoms with Crippen LogP contribution in [0.2, 0.25) is 0 Å². The molecule has 154 valence electrons. The van der Waals surface area contributed by atoms with E-state index in [0.29, 0.717) is 12.0 Å². The van der Waals surface area contributed by atoms with Gasteiger partial charge in [-0.1, -0.05) is 24.6 Å². The Labute approximate surface area is 172 Å². The highest BCUT2D eigenvalue weighted by molar-refractivity contribution is 5.81. The fraction of sp³-hybridized carbons (Fsp3) is 0.591. The minimum Gasteiger partial charge on any atom is -0.493 e. The lowest BCUT2D eigenvalue weighted by atomic mass is 9.68. The van der Waals surface area contributed by atoms with Gasteiger partial charge >= 0.3 is 0 Å². The quantitative estimate of drug-likeness (QED) is 0.640. The number of benzene rings is 1. The van der Waals surface area contributed by atoms with Crippen molar-refractivity contribution in [3.8, 4) is 5.75 Å². The molecule has 1 aliphatic carbocycles. The first kappa shape index (κ1) is 18.5. The summed E-state index contributed by atoms with van der Waals surface area (Å²) in [6.45, 7) is 5.43. The third kappa shape index (κ3) is 3.47. The van der Waals surface area contributed by atoms with Crippen LogP contribution in [-0.2, 0) is 13.6 Å². The van der Waals surface area contributed by atoms with Crippen molar-refractivity contribution in [2.75, 3.05) is 19.7 Å². The number of ether oxygens (including phenoxy) is 1. The fourth-order valence-electron chi connectivity index (χ4n) is 4.82. The molecule has 1 saturated heterocycles. The van der Waals surface area contributed by atoms with Crippen molar-refractivity contribution in [2.45, 2.75) is 51.6 Å². The number of aryl methyl sites for hydroxylation is 1. The van der Waals surface area contributed by atoms with Crippen molar-refractivity contribution in [3.05, 3.63) is 41.5 Å². The average molecular weight is 395 g/mol. The predicted octanol–water partition coefficient (Wildman–Crippen LogP) is 2.97. The van der Waals surface area contributed by atoms with Crippen LogP contribution < -0.4 is 10.1 Å². The minimum atomic E-state index is 0.220. The summed E-state index contributed by atoms with van der Waals surface area (Å²) in [4.78, 5) is 7.47. The van der Waals surface area contributed by atoms with Gasteiger partial charge in [-0.3, -0.25) is 0 Å². The van der Waals surface area contributed by atoms with Crippen molar-refractivity contribution < 1.29 is 4.74 Å². The number of nitrogens with one attached hydrogen (secondary N) is 1. The monoisotopic (exact) mass is 394 g/mol. The van der Waals surface area contributed by atoms with Crippen LogP contribution >= 0.6 is 0 Å². The van der Waals surface area contributed by atoms with Crippen molar-refractivity contribution in [2.24, 2.45) is 17.5 Å². The highest BCUT2D eigenvalue weighted by Gasteiger charge is 2.44. The maximum atomic E-state index is 5.85. The van der Waals surface area contributed by atoms with Gasteiger partial charge in [0.1, 0.15) is 18.1 Å². The molecule has 2 aliphatic heterocycles. The number of nitrogens with zero attached hydrogens (tertiary/aromatic N) is 5. The molecular weight excluding hydrogens is 364 g/mol. The number of guanidine groups is 1. The Morgan fingerprint density at radius 3 is 2.86 bits per heavy atom. The van der Waals surface area contributed by atoms with Crippen LogP contribution in [0, 0.1) is 12.3 Å². The van der Waals surface area contributed by atoms with E-state index in [1.54, 1.807) is 0 Å². The lowest BCUT2D eigenvalue weighted by Crippen LogP contribution is -2.44. The molecule has 3 aliphatic rings. The van der Waals surface area contributed by atoms with Crippen LogP contribution in [-0.4, -0.2) is 45.3 Å². The van der Waals surface area contributed by atoms with E-state index in [2.05, 4.69) is 38.6 Å². The maximum Gasteiger partial charge on any atom is 0.194 e. The Balaban J connectivity index is 1.40. The Hall–Kier alpha value is -2.57. The molecular formula is C22H30N6O. The molecule has 7 heteroatoms. The molecule has 3 heterocycles. The van der Waals surface area contributed by atoms with Crippen molar-refractivity contribution in [1.82, 2.24) is 25.0 Å². The summed E-state index contributed by atoms with van der Waals surface area (Å²) >= 11 is 0. The Kier molecular flexibility index (Phi) is 4.68. The second kappa shape index (κ2) is 7.35. The highest BCUT2D eigenvalue weighted by atomic mass is 16.5. The zero-order valence-electron chi connectivity index (χ0n) is 17.4. The molecule has 1 aromatic heterocycles. The van der Waals surface area contributed by atoms with E-state index in [1.807, 2.05) is 24.6 Å². The van der Waals surface area contributed by atoms with E-state index < -0.39 is 0 Å². The van der Waals surface area contributed by atoms with Gasteiger partial charge in [0, 0.05) is 32.1 Å². The van der Waals surface area contributed by atoms with Crippen molar-refractivity contribution in [1.29, 1.82) is 0 Å². The van der Waals surface area contributed by atoms with Gasteiger partial charge in [-0.05, 0) is 37.7 Å². The zero-order chi connectivity index (χ0) is 19.8. The Bertz CT molecular complexity index is 916. The van der Waals surface area contributed by atoms with E-state index in [4.69, 9.17) is 9.73 Å². The molecule has 1 N–H and O–H groups in total. The smallest absolute Gasteiger partial charge is 0.194 e. The first-order chi connectivity index (χ1) is 14.1. The first-order valence-corrected chi connectivity index (χ1v) is 10.8. The summed E-state index contributed by atoms with van der Waals surface area (Å²) in [6.07, 6.45) is 6.32. The van der Waals surface area contributed by atoms with Gasteiger partial charge in [0.2, 0.25) is 0 Å². The molecule has 1 unspecified atom stereocenters. The molecule has 29 heavy (non-hydrogen) atoms. The standard InChI is InChI=1S/C22H30N6O/c1-16-25-26-20(27(16)2)14-23-21(28-12-11-22(15-28)9-5-10-22)24-18-8-13-29-19-7-4-3-6-17(18)19/h3-4,6-7,18H,5,8-15H2,1-2H3,(H,23,24). The molecule has 2 fully saturated rings. The van der Waals surface area contributed by atoms with Gasteiger partial charge in [-0.15, -0.1) is 10.2 Å². The number of hydrogen-bond donors (Lipinski definition) is 1. The first-order valence-electron chi connectivity index (χ1n) is 10.8. The predicted molar refractivity (Wildman–Crippen MR) is 112 cm³/mol. The average Bonchev–Trinajstić information content (AvgIpc) is 3.31. The SMILES string of the molecule is Cc1nnc(CN=C(NC2CCOc3ccccc32)N2CCC3(CCC3)C2)n1C. The number of aliphatic imine (C=N–C) groups is 1. The van der Waals surface area contributed by atoms with E-state index >= 15 is 0 Å². The van der Waals surface area contributed by atoms with Gasteiger partial charge in [0.25, 0.3) is 0 Å². The molecule has 7 nitrogen and oxygen atoms in total. The molecule has 0 bridgehead atoms. The second-order valence-electron chi connectivity index (χ2n) is 8.76. The Morgan fingerprint density at radius 1 is 1.28 bits per heavy atom. The van der Waals surface area contributed by atoms with Gasteiger partial charge < -0.3 is 19.5 Å². The summed E-state index contributed by atoms with van der Waals surface area (Å²) in [5.74, 6) is 3.79. The van der Waals surface area contributed by atoms with Crippen LogP contribution in [0.1, 0.15) is 55.4 Å². The van der Waals surface area contributed by atoms with Crippen molar-refractivity contribution in [3.63, 3.8) is 0 Å². The molecule has 1 saturated carbocycles.